The zero-order chi connectivity index (χ0) is 24.7. The number of pyridine rings is 1. The highest BCUT2D eigenvalue weighted by Gasteiger charge is 2.22. The number of ether oxygens (including phenoxy) is 1. The van der Waals surface area contributed by atoms with Gasteiger partial charge < -0.3 is 4.74 Å². The molecule has 4 rings (SSSR count). The van der Waals surface area contributed by atoms with Gasteiger partial charge in [-0.15, -0.1) is 0 Å². The van der Waals surface area contributed by atoms with Crippen LogP contribution in [0.1, 0.15) is 32.3 Å². The monoisotopic (exact) mass is 476 g/mol. The Morgan fingerprint density at radius 2 is 1.56 bits per heavy atom. The van der Waals surface area contributed by atoms with Gasteiger partial charge in [0.25, 0.3) is 0 Å². The van der Waals surface area contributed by atoms with Crippen molar-refractivity contribution in [2.75, 3.05) is 18.1 Å². The Balaban J connectivity index is 1.88. The third-order valence-corrected chi connectivity index (χ3v) is 5.94. The number of sulfonamides is 1. The minimum absolute atomic E-state index is 0.261. The molecule has 0 bridgehead atoms. The van der Waals surface area contributed by atoms with E-state index in [1.807, 2.05) is 49.4 Å². The molecule has 0 saturated heterocycles. The molecule has 176 valence electrons. The summed E-state index contributed by atoms with van der Waals surface area (Å²) in [6, 6.07) is 17.2. The molecule has 2 aromatic heterocycles. The van der Waals surface area contributed by atoms with E-state index in [2.05, 4.69) is 30.5 Å². The third kappa shape index (κ3) is 5.02. The Kier molecular flexibility index (Phi) is 6.03. The summed E-state index contributed by atoms with van der Waals surface area (Å²) in [6.45, 7) is 8.17. The number of rotatable bonds is 5. The summed E-state index contributed by atoms with van der Waals surface area (Å²) >= 11 is 0. The van der Waals surface area contributed by atoms with Crippen LogP contribution in [0.15, 0.2) is 54.6 Å². The minimum Gasteiger partial charge on any atom is -0.480 e. The largest absolute Gasteiger partial charge is 0.480 e. The minimum atomic E-state index is -3.32. The van der Waals surface area contributed by atoms with Crippen molar-refractivity contribution >= 4 is 26.6 Å². The van der Waals surface area contributed by atoms with Crippen LogP contribution in [0, 0.1) is 6.92 Å². The van der Waals surface area contributed by atoms with E-state index in [-0.39, 0.29) is 5.41 Å². The molecular weight excluding hydrogens is 448 g/mol. The van der Waals surface area contributed by atoms with Gasteiger partial charge >= 0.3 is 0 Å². The van der Waals surface area contributed by atoms with Crippen molar-refractivity contribution in [3.63, 3.8) is 0 Å². The van der Waals surface area contributed by atoms with Gasteiger partial charge in [0.2, 0.25) is 15.9 Å². The number of anilines is 1. The molecule has 0 fully saturated rings. The maximum absolute atomic E-state index is 11.5. The molecule has 7 nitrogen and oxygen atoms in total. The SMILES string of the molecule is COc1nc(C)ccc1-c1nc(C(C)(C)C)nc2cc(-c3ccc(NS(C)(=O)=O)cc3)ccc12. The molecule has 0 atom stereocenters. The fraction of sp³-hybridized carbons (Fsp3) is 0.269. The van der Waals surface area contributed by atoms with Gasteiger partial charge in [0.15, 0.2) is 0 Å². The second-order valence-electron chi connectivity index (χ2n) is 9.34. The van der Waals surface area contributed by atoms with E-state index in [0.717, 1.165) is 51.1 Å². The van der Waals surface area contributed by atoms with E-state index in [4.69, 9.17) is 14.7 Å². The number of aromatic nitrogens is 3. The molecule has 0 radical (unpaired) electrons. The van der Waals surface area contributed by atoms with Crippen molar-refractivity contribution < 1.29 is 13.2 Å². The first kappa shape index (κ1) is 23.6. The van der Waals surface area contributed by atoms with Crippen LogP contribution in [0.2, 0.25) is 0 Å². The zero-order valence-electron chi connectivity index (χ0n) is 20.2. The van der Waals surface area contributed by atoms with Crippen molar-refractivity contribution in [1.29, 1.82) is 0 Å². The van der Waals surface area contributed by atoms with Crippen LogP contribution in [0.3, 0.4) is 0 Å². The topological polar surface area (TPSA) is 94.1 Å². The highest BCUT2D eigenvalue weighted by molar-refractivity contribution is 7.92. The molecule has 0 spiro atoms. The number of fused-ring (bicyclic) bond motifs is 1. The van der Waals surface area contributed by atoms with Gasteiger partial charge in [-0.3, -0.25) is 4.72 Å². The van der Waals surface area contributed by atoms with Crippen LogP contribution >= 0.6 is 0 Å². The summed E-state index contributed by atoms with van der Waals surface area (Å²) in [5.74, 6) is 1.25. The van der Waals surface area contributed by atoms with Crippen molar-refractivity contribution in [2.24, 2.45) is 0 Å². The first-order valence-corrected chi connectivity index (χ1v) is 12.8. The molecule has 0 amide bonds. The first-order valence-electron chi connectivity index (χ1n) is 10.9. The summed E-state index contributed by atoms with van der Waals surface area (Å²) in [5.41, 5.74) is 5.45. The fourth-order valence-electron chi connectivity index (χ4n) is 3.66. The van der Waals surface area contributed by atoms with E-state index < -0.39 is 10.0 Å². The fourth-order valence-corrected chi connectivity index (χ4v) is 4.23. The molecule has 4 aromatic rings. The van der Waals surface area contributed by atoms with Gasteiger partial charge in [-0.05, 0) is 54.4 Å². The van der Waals surface area contributed by atoms with E-state index in [1.165, 1.54) is 0 Å². The lowest BCUT2D eigenvalue weighted by atomic mass is 9.94. The molecule has 34 heavy (non-hydrogen) atoms. The lowest BCUT2D eigenvalue weighted by Crippen LogP contribution is -2.16. The van der Waals surface area contributed by atoms with Crippen molar-refractivity contribution in [3.05, 3.63) is 66.1 Å². The predicted molar refractivity (Wildman–Crippen MR) is 137 cm³/mol. The van der Waals surface area contributed by atoms with Gasteiger partial charge in [-0.2, -0.15) is 0 Å². The second kappa shape index (κ2) is 8.68. The van der Waals surface area contributed by atoms with E-state index in [0.29, 0.717) is 11.6 Å². The molecule has 2 aromatic carbocycles. The number of aryl methyl sites for hydroxylation is 1. The standard InChI is InChI=1S/C26H28N4O3S/c1-16-7-13-21(24(27-16)33-5)23-20-14-10-18(15-22(20)28-25(29-23)26(2,3)4)17-8-11-19(12-9-17)30-34(6,31)32/h7-15,30H,1-6H3. The van der Waals surface area contributed by atoms with E-state index in [1.54, 1.807) is 19.2 Å². The molecule has 0 unspecified atom stereocenters. The summed E-state index contributed by atoms with van der Waals surface area (Å²) < 4.78 is 31.0. The first-order chi connectivity index (χ1) is 15.9. The molecule has 1 N–H and O–H groups in total. The Hall–Kier alpha value is -3.52. The zero-order valence-corrected chi connectivity index (χ0v) is 21.0. The van der Waals surface area contributed by atoms with Gasteiger partial charge in [0, 0.05) is 22.2 Å². The maximum atomic E-state index is 11.5. The van der Waals surface area contributed by atoms with Gasteiger partial charge in [0.1, 0.15) is 5.82 Å². The molecule has 0 aliphatic carbocycles. The molecule has 0 aliphatic heterocycles. The molecule has 0 aliphatic rings. The number of benzene rings is 2. The van der Waals surface area contributed by atoms with Crippen LogP contribution in [-0.2, 0) is 15.4 Å². The predicted octanol–water partition coefficient (Wildman–Crippen LogP) is 5.34. The van der Waals surface area contributed by atoms with E-state index in [9.17, 15) is 8.42 Å². The third-order valence-electron chi connectivity index (χ3n) is 5.34. The molecule has 8 heteroatoms. The van der Waals surface area contributed by atoms with Crippen LogP contribution < -0.4 is 9.46 Å². The number of nitrogens with one attached hydrogen (secondary N) is 1. The Bertz CT molecular complexity index is 1470. The molecule has 2 heterocycles. The summed E-state index contributed by atoms with van der Waals surface area (Å²) in [4.78, 5) is 14.4. The lowest BCUT2D eigenvalue weighted by molar-refractivity contribution is 0.398. The lowest BCUT2D eigenvalue weighted by Gasteiger charge is -2.20. The Morgan fingerprint density at radius 1 is 0.882 bits per heavy atom. The average molecular weight is 477 g/mol. The number of hydrogen-bond acceptors (Lipinski definition) is 6. The summed E-state index contributed by atoms with van der Waals surface area (Å²) in [5, 5.41) is 0.899. The van der Waals surface area contributed by atoms with Gasteiger partial charge in [-0.25, -0.2) is 23.4 Å². The molecule has 0 saturated carbocycles. The second-order valence-corrected chi connectivity index (χ2v) is 11.1. The van der Waals surface area contributed by atoms with Gasteiger partial charge in [-0.1, -0.05) is 39.0 Å². The highest BCUT2D eigenvalue weighted by atomic mass is 32.2. The Morgan fingerprint density at radius 3 is 2.18 bits per heavy atom. The van der Waals surface area contributed by atoms with Crippen LogP contribution in [0.4, 0.5) is 5.69 Å². The van der Waals surface area contributed by atoms with E-state index >= 15 is 0 Å². The van der Waals surface area contributed by atoms with Gasteiger partial charge in [0.05, 0.1) is 30.1 Å². The van der Waals surface area contributed by atoms with Crippen LogP contribution in [0.5, 0.6) is 5.88 Å². The normalized spacial score (nSPS) is 12.1. The van der Waals surface area contributed by atoms with Crippen LogP contribution in [0.25, 0.3) is 33.3 Å². The Labute approximate surface area is 200 Å². The summed E-state index contributed by atoms with van der Waals surface area (Å²) in [7, 11) is -1.71. The number of nitrogens with zero attached hydrogens (tertiary/aromatic N) is 3. The molecular formula is C26H28N4O3S. The highest BCUT2D eigenvalue weighted by Crippen LogP contribution is 2.36. The quantitative estimate of drug-likeness (QED) is 0.418. The average Bonchev–Trinajstić information content (AvgIpc) is 2.76. The summed E-state index contributed by atoms with van der Waals surface area (Å²) in [6.07, 6.45) is 1.13. The smallest absolute Gasteiger partial charge is 0.229 e. The van der Waals surface area contributed by atoms with Crippen LogP contribution in [-0.4, -0.2) is 36.7 Å². The van der Waals surface area contributed by atoms with Crippen molar-refractivity contribution in [2.45, 2.75) is 33.1 Å². The van der Waals surface area contributed by atoms with Crippen molar-refractivity contribution in [1.82, 2.24) is 15.0 Å². The number of hydrogen-bond donors (Lipinski definition) is 1. The number of methoxy groups -OCH3 is 1. The van der Waals surface area contributed by atoms with Crippen molar-refractivity contribution in [3.8, 4) is 28.3 Å². The maximum Gasteiger partial charge on any atom is 0.229 e.